The van der Waals surface area contributed by atoms with E-state index >= 15 is 0 Å². The number of hydrogen-bond acceptors (Lipinski definition) is 6. The molecule has 0 aliphatic heterocycles. The summed E-state index contributed by atoms with van der Waals surface area (Å²) in [5.41, 5.74) is 1.27. The van der Waals surface area contributed by atoms with Gasteiger partial charge in [-0.2, -0.15) is 4.98 Å². The van der Waals surface area contributed by atoms with Gasteiger partial charge in [0.15, 0.2) is 0 Å². The van der Waals surface area contributed by atoms with Gasteiger partial charge >= 0.3 is 0 Å². The number of nitrogens with one attached hydrogen (secondary N) is 1. The fraction of sp³-hybridized carbons (Fsp3) is 0.400. The van der Waals surface area contributed by atoms with Gasteiger partial charge in [0, 0.05) is 45.8 Å². The van der Waals surface area contributed by atoms with E-state index in [9.17, 15) is 0 Å². The molecule has 0 saturated heterocycles. The van der Waals surface area contributed by atoms with Crippen LogP contribution in [0, 0.1) is 0 Å². The third-order valence-electron chi connectivity index (χ3n) is 3.11. The summed E-state index contributed by atoms with van der Waals surface area (Å²) >= 11 is 0. The van der Waals surface area contributed by atoms with Crippen LogP contribution in [-0.4, -0.2) is 48.8 Å². The molecular weight excluding hydrogens is 266 g/mol. The van der Waals surface area contributed by atoms with Gasteiger partial charge in [-0.25, -0.2) is 4.98 Å². The summed E-state index contributed by atoms with van der Waals surface area (Å²) in [6, 6.07) is 5.98. The Morgan fingerprint density at radius 1 is 1.19 bits per heavy atom. The van der Waals surface area contributed by atoms with E-state index in [2.05, 4.69) is 25.2 Å². The van der Waals surface area contributed by atoms with Crippen molar-refractivity contribution in [3.63, 3.8) is 0 Å². The second kappa shape index (κ2) is 8.16. The minimum Gasteiger partial charge on any atom is -0.383 e. The first kappa shape index (κ1) is 15.2. The van der Waals surface area contributed by atoms with E-state index in [1.165, 1.54) is 5.56 Å². The Hall–Kier alpha value is -2.21. The van der Waals surface area contributed by atoms with Crippen molar-refractivity contribution in [1.82, 2.24) is 15.0 Å². The average molecular weight is 287 g/mol. The molecule has 2 aromatic heterocycles. The molecular formula is C15H21N5O. The predicted molar refractivity (Wildman–Crippen MR) is 83.6 cm³/mol. The molecule has 21 heavy (non-hydrogen) atoms. The Morgan fingerprint density at radius 2 is 2.00 bits per heavy atom. The fourth-order valence-corrected chi connectivity index (χ4v) is 1.87. The molecule has 0 saturated carbocycles. The van der Waals surface area contributed by atoms with Gasteiger partial charge < -0.3 is 15.0 Å². The Labute approximate surface area is 125 Å². The van der Waals surface area contributed by atoms with Crippen LogP contribution in [0.15, 0.2) is 36.8 Å². The molecule has 1 N–H and O–H groups in total. The summed E-state index contributed by atoms with van der Waals surface area (Å²) < 4.78 is 5.00. The van der Waals surface area contributed by atoms with Crippen LogP contribution >= 0.6 is 0 Å². The summed E-state index contributed by atoms with van der Waals surface area (Å²) in [4.78, 5) is 14.8. The molecule has 2 rings (SSSR count). The van der Waals surface area contributed by atoms with Crippen molar-refractivity contribution in [3.05, 3.63) is 42.4 Å². The maximum Gasteiger partial charge on any atom is 0.224 e. The van der Waals surface area contributed by atoms with Crippen molar-refractivity contribution < 1.29 is 4.74 Å². The second-order valence-electron chi connectivity index (χ2n) is 4.69. The molecule has 0 radical (unpaired) electrons. The molecule has 0 fully saturated rings. The zero-order chi connectivity index (χ0) is 14.9. The van der Waals surface area contributed by atoms with Crippen LogP contribution in [0.5, 0.6) is 0 Å². The van der Waals surface area contributed by atoms with Crippen LogP contribution in [0.4, 0.5) is 11.8 Å². The van der Waals surface area contributed by atoms with Gasteiger partial charge in [-0.3, -0.25) is 4.98 Å². The lowest BCUT2D eigenvalue weighted by atomic mass is 10.2. The van der Waals surface area contributed by atoms with Crippen LogP contribution in [-0.2, 0) is 11.2 Å². The number of methoxy groups -OCH3 is 1. The number of pyridine rings is 1. The Morgan fingerprint density at radius 3 is 2.76 bits per heavy atom. The summed E-state index contributed by atoms with van der Waals surface area (Å²) in [5, 5.41) is 3.13. The molecule has 6 nitrogen and oxygen atoms in total. The van der Waals surface area contributed by atoms with Crippen molar-refractivity contribution in [1.29, 1.82) is 0 Å². The van der Waals surface area contributed by atoms with E-state index in [0.717, 1.165) is 18.8 Å². The topological polar surface area (TPSA) is 63.2 Å². The highest BCUT2D eigenvalue weighted by Crippen LogP contribution is 2.11. The second-order valence-corrected chi connectivity index (χ2v) is 4.69. The van der Waals surface area contributed by atoms with Crippen molar-refractivity contribution >= 4 is 11.8 Å². The number of likely N-dealkylation sites (N-methyl/N-ethyl adjacent to an activating group) is 1. The quantitative estimate of drug-likeness (QED) is 0.744. The van der Waals surface area contributed by atoms with E-state index in [0.29, 0.717) is 19.1 Å². The summed E-state index contributed by atoms with van der Waals surface area (Å²) in [7, 11) is 3.70. The Bertz CT molecular complexity index is 535. The van der Waals surface area contributed by atoms with Crippen LogP contribution in [0.2, 0.25) is 0 Å². The molecule has 112 valence electrons. The van der Waals surface area contributed by atoms with E-state index in [4.69, 9.17) is 4.74 Å². The maximum absolute atomic E-state index is 5.00. The van der Waals surface area contributed by atoms with E-state index in [1.54, 1.807) is 13.3 Å². The largest absolute Gasteiger partial charge is 0.383 e. The number of hydrogen-bond donors (Lipinski definition) is 1. The Kier molecular flexibility index (Phi) is 5.90. The molecule has 0 amide bonds. The van der Waals surface area contributed by atoms with E-state index in [1.807, 2.05) is 37.6 Å². The highest BCUT2D eigenvalue weighted by Gasteiger charge is 2.04. The summed E-state index contributed by atoms with van der Waals surface area (Å²) in [5.74, 6) is 1.53. The number of ether oxygens (including phenoxy) is 1. The highest BCUT2D eigenvalue weighted by molar-refractivity contribution is 5.41. The van der Waals surface area contributed by atoms with Crippen molar-refractivity contribution in [2.75, 3.05) is 44.1 Å². The number of nitrogens with zero attached hydrogens (tertiary/aromatic N) is 4. The normalized spacial score (nSPS) is 10.4. The summed E-state index contributed by atoms with van der Waals surface area (Å²) in [6.45, 7) is 2.21. The first-order valence-electron chi connectivity index (χ1n) is 6.95. The van der Waals surface area contributed by atoms with Crippen LogP contribution < -0.4 is 10.2 Å². The molecule has 0 atom stereocenters. The smallest absolute Gasteiger partial charge is 0.224 e. The lowest BCUT2D eigenvalue weighted by molar-refractivity contribution is 0.210. The van der Waals surface area contributed by atoms with Gasteiger partial charge in [0.1, 0.15) is 5.82 Å². The van der Waals surface area contributed by atoms with Crippen molar-refractivity contribution in [2.45, 2.75) is 6.42 Å². The number of aromatic nitrogens is 3. The zero-order valence-corrected chi connectivity index (χ0v) is 12.5. The molecule has 0 bridgehead atoms. The van der Waals surface area contributed by atoms with Gasteiger partial charge in [0.05, 0.1) is 6.61 Å². The highest BCUT2D eigenvalue weighted by atomic mass is 16.5. The molecule has 0 aliphatic carbocycles. The molecule has 0 aromatic carbocycles. The molecule has 2 heterocycles. The van der Waals surface area contributed by atoms with Gasteiger partial charge in [-0.1, -0.05) is 0 Å². The monoisotopic (exact) mass is 287 g/mol. The van der Waals surface area contributed by atoms with E-state index in [-0.39, 0.29) is 0 Å². The van der Waals surface area contributed by atoms with Gasteiger partial charge in [-0.05, 0) is 30.2 Å². The number of anilines is 2. The first-order valence-corrected chi connectivity index (χ1v) is 6.95. The third kappa shape index (κ3) is 5.00. The minimum atomic E-state index is 0.625. The minimum absolute atomic E-state index is 0.625. The fourth-order valence-electron chi connectivity index (χ4n) is 1.87. The molecule has 0 unspecified atom stereocenters. The van der Waals surface area contributed by atoms with Crippen LogP contribution in [0.25, 0.3) is 0 Å². The predicted octanol–water partition coefficient (Wildman–Crippen LogP) is 1.61. The standard InChI is InChI=1S/C15H21N5O/c1-20(11-6-13-3-7-16-8-4-13)14-5-9-17-15(19-14)18-10-12-21-2/h3-5,7-9H,6,10-12H2,1-2H3,(H,17,18,19). The Balaban J connectivity index is 1.89. The maximum atomic E-state index is 5.00. The zero-order valence-electron chi connectivity index (χ0n) is 12.5. The van der Waals surface area contributed by atoms with Gasteiger partial charge in [0.25, 0.3) is 0 Å². The van der Waals surface area contributed by atoms with Gasteiger partial charge in [-0.15, -0.1) is 0 Å². The average Bonchev–Trinajstić information content (AvgIpc) is 2.54. The molecule has 2 aromatic rings. The third-order valence-corrected chi connectivity index (χ3v) is 3.11. The van der Waals surface area contributed by atoms with Gasteiger partial charge in [0.2, 0.25) is 5.95 Å². The first-order chi connectivity index (χ1) is 10.3. The lowest BCUT2D eigenvalue weighted by Gasteiger charge is -2.18. The van der Waals surface area contributed by atoms with E-state index < -0.39 is 0 Å². The number of rotatable bonds is 8. The molecule has 6 heteroatoms. The molecule has 0 spiro atoms. The molecule has 0 aliphatic rings. The van der Waals surface area contributed by atoms with Crippen LogP contribution in [0.1, 0.15) is 5.56 Å². The van der Waals surface area contributed by atoms with Crippen molar-refractivity contribution in [3.8, 4) is 0 Å². The lowest BCUT2D eigenvalue weighted by Crippen LogP contribution is -2.22. The summed E-state index contributed by atoms with van der Waals surface area (Å²) in [6.07, 6.45) is 6.35. The van der Waals surface area contributed by atoms with Crippen LogP contribution in [0.3, 0.4) is 0 Å². The SMILES string of the molecule is COCCNc1nccc(N(C)CCc2ccncc2)n1. The van der Waals surface area contributed by atoms with Crippen molar-refractivity contribution in [2.24, 2.45) is 0 Å².